The molecule has 0 fully saturated rings. The van der Waals surface area contributed by atoms with Gasteiger partial charge in [-0.25, -0.2) is 0 Å². The lowest BCUT2D eigenvalue weighted by Gasteiger charge is -2.14. The molecule has 0 unspecified atom stereocenters. The third kappa shape index (κ3) is 1.72. The number of nitroso groups, excluding NO2 is 1. The molecule has 0 amide bonds. The smallest absolute Gasteiger partial charge is 0.116 e. The molecule has 0 aliphatic heterocycles. The molecule has 0 aromatic heterocycles. The minimum atomic E-state index is 0.212. The first-order valence-corrected chi connectivity index (χ1v) is 4.20. The largest absolute Gasteiger partial charge is 0.508 e. The van der Waals surface area contributed by atoms with Crippen molar-refractivity contribution < 1.29 is 5.11 Å². The van der Waals surface area contributed by atoms with Crippen LogP contribution < -0.4 is 0 Å². The van der Waals surface area contributed by atoms with Crippen LogP contribution in [0.3, 0.4) is 0 Å². The Hall–Kier alpha value is -1.12. The summed E-state index contributed by atoms with van der Waals surface area (Å²) in [5.74, 6) is 0.212. The van der Waals surface area contributed by atoms with Crippen molar-refractivity contribution in [2.24, 2.45) is 5.18 Å². The Labute approximate surface area is 71.8 Å². The van der Waals surface area contributed by atoms with E-state index in [0.717, 1.165) is 24.8 Å². The lowest BCUT2D eigenvalue weighted by molar-refractivity contribution is 0.410. The van der Waals surface area contributed by atoms with Gasteiger partial charge in [0.25, 0.3) is 0 Å². The van der Waals surface area contributed by atoms with Crippen LogP contribution in [0, 0.1) is 4.91 Å². The monoisotopic (exact) mass is 167 g/mol. The fourth-order valence-corrected chi connectivity index (χ4v) is 1.44. The summed E-state index contributed by atoms with van der Waals surface area (Å²) in [5, 5.41) is 12.3. The summed E-state index contributed by atoms with van der Waals surface area (Å²) in [6.45, 7) is 1.75. The lowest BCUT2D eigenvalue weighted by atomic mass is 9.95. The van der Waals surface area contributed by atoms with Gasteiger partial charge in [0.2, 0.25) is 0 Å². The van der Waals surface area contributed by atoms with E-state index in [1.807, 2.05) is 0 Å². The Morgan fingerprint density at radius 3 is 2.75 bits per heavy atom. The van der Waals surface area contributed by atoms with Crippen molar-refractivity contribution in [2.45, 2.75) is 32.6 Å². The Morgan fingerprint density at radius 1 is 1.50 bits per heavy atom. The van der Waals surface area contributed by atoms with Gasteiger partial charge in [-0.1, -0.05) is 0 Å². The fraction of sp³-hybridized carbons (Fsp3) is 0.556. The molecule has 0 atom stereocenters. The zero-order valence-electron chi connectivity index (χ0n) is 7.21. The first-order chi connectivity index (χ1) is 5.79. The lowest BCUT2D eigenvalue weighted by Crippen LogP contribution is -2.00. The topological polar surface area (TPSA) is 49.7 Å². The van der Waals surface area contributed by atoms with Gasteiger partial charge in [-0.2, -0.15) is 0 Å². The van der Waals surface area contributed by atoms with E-state index >= 15 is 0 Å². The molecule has 1 aliphatic carbocycles. The summed E-state index contributed by atoms with van der Waals surface area (Å²) >= 11 is 0. The van der Waals surface area contributed by atoms with Crippen LogP contribution in [0.5, 0.6) is 0 Å². The predicted molar refractivity (Wildman–Crippen MR) is 47.7 cm³/mol. The van der Waals surface area contributed by atoms with Crippen LogP contribution in [0.15, 0.2) is 28.3 Å². The summed E-state index contributed by atoms with van der Waals surface area (Å²) < 4.78 is 0. The van der Waals surface area contributed by atoms with E-state index in [4.69, 9.17) is 0 Å². The third-order valence-corrected chi connectivity index (χ3v) is 2.13. The van der Waals surface area contributed by atoms with Gasteiger partial charge in [-0.15, -0.1) is 4.91 Å². The highest BCUT2D eigenvalue weighted by Crippen LogP contribution is 2.29. The van der Waals surface area contributed by atoms with Gasteiger partial charge in [0, 0.05) is 5.57 Å². The van der Waals surface area contributed by atoms with Gasteiger partial charge in [0.15, 0.2) is 0 Å². The van der Waals surface area contributed by atoms with E-state index in [9.17, 15) is 10.0 Å². The summed E-state index contributed by atoms with van der Waals surface area (Å²) in [5.41, 5.74) is 1.26. The van der Waals surface area contributed by atoms with Crippen LogP contribution in [0.2, 0.25) is 0 Å². The molecule has 0 aromatic rings. The molecule has 3 heteroatoms. The maximum absolute atomic E-state index is 10.3. The second-order valence-electron chi connectivity index (χ2n) is 2.90. The zero-order chi connectivity index (χ0) is 8.97. The number of hydrogen-bond acceptors (Lipinski definition) is 3. The fourth-order valence-electron chi connectivity index (χ4n) is 1.44. The normalized spacial score (nSPS) is 19.6. The molecule has 0 saturated carbocycles. The molecule has 0 spiro atoms. The van der Waals surface area contributed by atoms with E-state index in [1.165, 1.54) is 0 Å². The van der Waals surface area contributed by atoms with Crippen LogP contribution in [-0.2, 0) is 0 Å². The van der Waals surface area contributed by atoms with Crippen molar-refractivity contribution in [3.8, 4) is 0 Å². The van der Waals surface area contributed by atoms with E-state index < -0.39 is 0 Å². The third-order valence-electron chi connectivity index (χ3n) is 2.13. The highest BCUT2D eigenvalue weighted by atomic mass is 16.3. The van der Waals surface area contributed by atoms with Gasteiger partial charge >= 0.3 is 0 Å². The standard InChI is InChI=1S/C9H13NO2/c1-2-9(11)7-5-3-4-6-8(7)10-12/h2,11H,3-6H2,1H3/b9-2-. The molecule has 0 heterocycles. The first-order valence-electron chi connectivity index (χ1n) is 4.20. The van der Waals surface area contributed by atoms with Crippen LogP contribution >= 0.6 is 0 Å². The maximum Gasteiger partial charge on any atom is 0.116 e. The van der Waals surface area contributed by atoms with Crippen LogP contribution in [-0.4, -0.2) is 5.11 Å². The molecule has 0 radical (unpaired) electrons. The van der Waals surface area contributed by atoms with Gasteiger partial charge < -0.3 is 5.11 Å². The average molecular weight is 167 g/mol. The van der Waals surface area contributed by atoms with Crippen molar-refractivity contribution in [2.75, 3.05) is 0 Å². The molecule has 1 N–H and O–H groups in total. The van der Waals surface area contributed by atoms with E-state index in [-0.39, 0.29) is 5.76 Å². The van der Waals surface area contributed by atoms with Crippen LogP contribution in [0.25, 0.3) is 0 Å². The molecule has 1 rings (SSSR count). The van der Waals surface area contributed by atoms with Crippen molar-refractivity contribution in [3.63, 3.8) is 0 Å². The van der Waals surface area contributed by atoms with E-state index in [1.54, 1.807) is 13.0 Å². The van der Waals surface area contributed by atoms with Crippen molar-refractivity contribution >= 4 is 0 Å². The molecular weight excluding hydrogens is 154 g/mol. The number of nitrogens with zero attached hydrogens (tertiary/aromatic N) is 1. The molecule has 3 nitrogen and oxygen atoms in total. The molecule has 0 aromatic carbocycles. The minimum Gasteiger partial charge on any atom is -0.508 e. The molecule has 0 saturated heterocycles. The Bertz CT molecular complexity index is 241. The quantitative estimate of drug-likeness (QED) is 0.507. The number of aliphatic hydroxyl groups is 1. The Balaban J connectivity index is 2.94. The number of rotatable bonds is 2. The SMILES string of the molecule is C/C=C(\O)C1=C(N=O)CCCC1. The van der Waals surface area contributed by atoms with E-state index in [0.29, 0.717) is 12.1 Å². The Kier molecular flexibility index (Phi) is 3.02. The molecular formula is C9H13NO2. The van der Waals surface area contributed by atoms with Gasteiger partial charge in [-0.05, 0) is 43.9 Å². The number of hydrogen-bond donors (Lipinski definition) is 1. The average Bonchev–Trinajstić information content (AvgIpc) is 2.16. The second kappa shape index (κ2) is 4.04. The number of aliphatic hydroxyl groups excluding tert-OH is 1. The molecule has 1 aliphatic rings. The summed E-state index contributed by atoms with van der Waals surface area (Å²) in [4.78, 5) is 10.3. The van der Waals surface area contributed by atoms with Crippen molar-refractivity contribution in [1.82, 2.24) is 0 Å². The van der Waals surface area contributed by atoms with Crippen LogP contribution in [0.1, 0.15) is 32.6 Å². The minimum absolute atomic E-state index is 0.212. The Morgan fingerprint density at radius 2 is 2.17 bits per heavy atom. The van der Waals surface area contributed by atoms with Crippen LogP contribution in [0.4, 0.5) is 0 Å². The predicted octanol–water partition coefficient (Wildman–Crippen LogP) is 3.04. The van der Waals surface area contributed by atoms with Crippen molar-refractivity contribution in [3.05, 3.63) is 28.0 Å². The summed E-state index contributed by atoms with van der Waals surface area (Å²) in [7, 11) is 0. The van der Waals surface area contributed by atoms with Gasteiger partial charge in [-0.3, -0.25) is 0 Å². The van der Waals surface area contributed by atoms with Gasteiger partial charge in [0.1, 0.15) is 5.76 Å². The summed E-state index contributed by atoms with van der Waals surface area (Å²) in [6.07, 6.45) is 5.12. The second-order valence-corrected chi connectivity index (χ2v) is 2.90. The van der Waals surface area contributed by atoms with Crippen molar-refractivity contribution in [1.29, 1.82) is 0 Å². The highest BCUT2D eigenvalue weighted by molar-refractivity contribution is 5.31. The first kappa shape index (κ1) is 8.97. The number of allylic oxidation sites excluding steroid dienone is 3. The highest BCUT2D eigenvalue weighted by Gasteiger charge is 2.15. The molecule has 0 bridgehead atoms. The summed E-state index contributed by atoms with van der Waals surface area (Å²) in [6, 6.07) is 0. The maximum atomic E-state index is 10.3. The molecule has 66 valence electrons. The van der Waals surface area contributed by atoms with E-state index in [2.05, 4.69) is 5.18 Å². The molecule has 12 heavy (non-hydrogen) atoms. The zero-order valence-corrected chi connectivity index (χ0v) is 7.21. The van der Waals surface area contributed by atoms with Gasteiger partial charge in [0.05, 0.1) is 5.70 Å².